The maximum Gasteiger partial charge on any atom is 0.269 e. The zero-order valence-corrected chi connectivity index (χ0v) is 14.1. The fraction of sp³-hybridized carbons (Fsp3) is 0.250. The molecule has 0 unspecified atom stereocenters. The minimum atomic E-state index is -3.78. The van der Waals surface area contributed by atoms with Gasteiger partial charge in [0.2, 0.25) is 10.0 Å². The van der Waals surface area contributed by atoms with Gasteiger partial charge in [-0.25, -0.2) is 13.1 Å². The van der Waals surface area contributed by atoms with Gasteiger partial charge in [0.1, 0.15) is 5.75 Å². The first kappa shape index (κ1) is 17.9. The molecule has 0 radical (unpaired) electrons. The molecule has 0 aliphatic rings. The molecule has 2 aromatic carbocycles. The van der Waals surface area contributed by atoms with E-state index >= 15 is 0 Å². The number of sulfonamides is 1. The second-order valence-corrected chi connectivity index (χ2v) is 6.82. The average Bonchev–Trinajstić information content (AvgIpc) is 2.60. The summed E-state index contributed by atoms with van der Waals surface area (Å²) in [6.07, 6.45) is 0.554. The largest absolute Gasteiger partial charge is 0.497 e. The zero-order valence-electron chi connectivity index (χ0n) is 13.3. The van der Waals surface area contributed by atoms with Crippen molar-refractivity contribution in [2.24, 2.45) is 0 Å². The number of non-ortho nitro benzene ring substituents is 1. The zero-order chi connectivity index (χ0) is 17.7. The van der Waals surface area contributed by atoms with E-state index in [0.29, 0.717) is 12.2 Å². The number of methoxy groups -OCH3 is 1. The van der Waals surface area contributed by atoms with Crippen molar-refractivity contribution >= 4 is 15.7 Å². The van der Waals surface area contributed by atoms with Gasteiger partial charge in [-0.2, -0.15) is 0 Å². The highest BCUT2D eigenvalue weighted by molar-refractivity contribution is 7.89. The minimum Gasteiger partial charge on any atom is -0.497 e. The van der Waals surface area contributed by atoms with Gasteiger partial charge in [-0.3, -0.25) is 10.1 Å². The van der Waals surface area contributed by atoms with E-state index in [4.69, 9.17) is 4.74 Å². The Morgan fingerprint density at radius 1 is 1.12 bits per heavy atom. The molecule has 0 bridgehead atoms. The Morgan fingerprint density at radius 2 is 1.71 bits per heavy atom. The van der Waals surface area contributed by atoms with E-state index in [0.717, 1.165) is 5.56 Å². The molecule has 0 amide bonds. The predicted octanol–water partition coefficient (Wildman–Crippen LogP) is 3.03. The highest BCUT2D eigenvalue weighted by atomic mass is 32.2. The van der Waals surface area contributed by atoms with Crippen molar-refractivity contribution in [2.45, 2.75) is 24.3 Å². The lowest BCUT2D eigenvalue weighted by atomic mass is 10.1. The second kappa shape index (κ2) is 7.41. The van der Waals surface area contributed by atoms with Crippen LogP contribution >= 0.6 is 0 Å². The maximum atomic E-state index is 12.5. The van der Waals surface area contributed by atoms with Crippen molar-refractivity contribution in [1.29, 1.82) is 0 Å². The number of nitro benzene ring substituents is 1. The van der Waals surface area contributed by atoms with Gasteiger partial charge in [-0.05, 0) is 36.2 Å². The van der Waals surface area contributed by atoms with E-state index in [2.05, 4.69) is 4.72 Å². The number of ether oxygens (including phenoxy) is 1. The summed E-state index contributed by atoms with van der Waals surface area (Å²) in [7, 11) is -2.22. The lowest BCUT2D eigenvalue weighted by Gasteiger charge is -2.18. The Bertz CT molecular complexity index is 801. The molecule has 128 valence electrons. The quantitative estimate of drug-likeness (QED) is 0.611. The van der Waals surface area contributed by atoms with Crippen LogP contribution in [0.4, 0.5) is 5.69 Å². The van der Waals surface area contributed by atoms with E-state index in [9.17, 15) is 18.5 Å². The second-order valence-electron chi connectivity index (χ2n) is 5.11. The molecule has 2 rings (SSSR count). The molecule has 2 aromatic rings. The average molecular weight is 350 g/mol. The number of benzene rings is 2. The molecule has 0 aliphatic carbocycles. The summed E-state index contributed by atoms with van der Waals surface area (Å²) < 4.78 is 32.7. The monoisotopic (exact) mass is 350 g/mol. The molecule has 0 aliphatic heterocycles. The Morgan fingerprint density at radius 3 is 2.17 bits per heavy atom. The number of nitrogens with zero attached hydrogens (tertiary/aromatic N) is 1. The van der Waals surface area contributed by atoms with Gasteiger partial charge >= 0.3 is 0 Å². The van der Waals surface area contributed by atoms with Crippen LogP contribution in [0.25, 0.3) is 0 Å². The summed E-state index contributed by atoms with van der Waals surface area (Å²) >= 11 is 0. The highest BCUT2D eigenvalue weighted by Crippen LogP contribution is 2.23. The highest BCUT2D eigenvalue weighted by Gasteiger charge is 2.21. The van der Waals surface area contributed by atoms with Crippen LogP contribution in [0.1, 0.15) is 24.9 Å². The van der Waals surface area contributed by atoms with Crippen LogP contribution in [-0.4, -0.2) is 20.5 Å². The number of hydrogen-bond donors (Lipinski definition) is 1. The van der Waals surface area contributed by atoms with Crippen molar-refractivity contribution < 1.29 is 18.1 Å². The predicted molar refractivity (Wildman–Crippen MR) is 89.4 cm³/mol. The Kier molecular flexibility index (Phi) is 5.53. The molecular formula is C16H18N2O5S. The first-order valence-corrected chi connectivity index (χ1v) is 8.76. The Labute approximate surface area is 140 Å². The molecule has 0 fully saturated rings. The van der Waals surface area contributed by atoms with Gasteiger partial charge in [0.15, 0.2) is 0 Å². The normalized spacial score (nSPS) is 12.6. The molecule has 24 heavy (non-hydrogen) atoms. The van der Waals surface area contributed by atoms with E-state index in [-0.39, 0.29) is 10.6 Å². The maximum absolute atomic E-state index is 12.5. The van der Waals surface area contributed by atoms with Crippen molar-refractivity contribution in [3.05, 3.63) is 64.2 Å². The van der Waals surface area contributed by atoms with Crippen LogP contribution in [0.15, 0.2) is 53.4 Å². The first-order valence-electron chi connectivity index (χ1n) is 7.28. The number of hydrogen-bond acceptors (Lipinski definition) is 5. The van der Waals surface area contributed by atoms with Gasteiger partial charge in [0.25, 0.3) is 5.69 Å². The van der Waals surface area contributed by atoms with Crippen LogP contribution < -0.4 is 9.46 Å². The SMILES string of the molecule is CC[C@H](NS(=O)(=O)c1ccc([N+](=O)[O-])cc1)c1ccc(OC)cc1. The molecule has 1 atom stereocenters. The molecule has 0 heterocycles. The lowest BCUT2D eigenvalue weighted by molar-refractivity contribution is -0.384. The van der Waals surface area contributed by atoms with Gasteiger partial charge in [-0.15, -0.1) is 0 Å². The fourth-order valence-corrected chi connectivity index (χ4v) is 3.53. The summed E-state index contributed by atoms with van der Waals surface area (Å²) in [4.78, 5) is 10.1. The lowest BCUT2D eigenvalue weighted by Crippen LogP contribution is -2.28. The topological polar surface area (TPSA) is 98.5 Å². The summed E-state index contributed by atoms with van der Waals surface area (Å²) in [5, 5.41) is 10.7. The summed E-state index contributed by atoms with van der Waals surface area (Å²) in [5.74, 6) is 0.687. The van der Waals surface area contributed by atoms with Gasteiger partial charge in [0, 0.05) is 18.2 Å². The molecule has 7 nitrogen and oxygen atoms in total. The van der Waals surface area contributed by atoms with Crippen LogP contribution in [0, 0.1) is 10.1 Å². The van der Waals surface area contributed by atoms with Crippen molar-refractivity contribution in [2.75, 3.05) is 7.11 Å². The van der Waals surface area contributed by atoms with Crippen LogP contribution in [0.2, 0.25) is 0 Å². The third-order valence-electron chi connectivity index (χ3n) is 3.58. The fourth-order valence-electron chi connectivity index (χ4n) is 2.23. The van der Waals surface area contributed by atoms with Crippen molar-refractivity contribution in [1.82, 2.24) is 4.72 Å². The van der Waals surface area contributed by atoms with Gasteiger partial charge < -0.3 is 4.74 Å². The molecule has 8 heteroatoms. The Hall–Kier alpha value is -2.45. The number of nitro groups is 1. The van der Waals surface area contributed by atoms with E-state index in [1.54, 1.807) is 31.4 Å². The summed E-state index contributed by atoms with van der Waals surface area (Å²) in [6.45, 7) is 1.87. The molecular weight excluding hydrogens is 332 g/mol. The smallest absolute Gasteiger partial charge is 0.269 e. The molecule has 0 aromatic heterocycles. The number of rotatable bonds is 7. The number of nitrogens with one attached hydrogen (secondary N) is 1. The van der Waals surface area contributed by atoms with Gasteiger partial charge in [0.05, 0.1) is 16.9 Å². The Balaban J connectivity index is 2.22. The van der Waals surface area contributed by atoms with Crippen LogP contribution in [-0.2, 0) is 10.0 Å². The van der Waals surface area contributed by atoms with Crippen LogP contribution in [0.3, 0.4) is 0 Å². The third kappa shape index (κ3) is 4.09. The van der Waals surface area contributed by atoms with Crippen LogP contribution in [0.5, 0.6) is 5.75 Å². The first-order chi connectivity index (χ1) is 11.4. The summed E-state index contributed by atoms with van der Waals surface area (Å²) in [5.41, 5.74) is 0.653. The van der Waals surface area contributed by atoms with E-state index < -0.39 is 21.0 Å². The standard InChI is InChI=1S/C16H18N2O5S/c1-3-16(12-4-8-14(23-2)9-5-12)17-24(21,22)15-10-6-13(7-11-15)18(19)20/h4-11,16-17H,3H2,1-2H3/t16-/m0/s1. The summed E-state index contributed by atoms with van der Waals surface area (Å²) in [6, 6.07) is 11.5. The van der Waals surface area contributed by atoms with Gasteiger partial charge in [-0.1, -0.05) is 19.1 Å². The van der Waals surface area contributed by atoms with E-state index in [1.165, 1.54) is 24.3 Å². The third-order valence-corrected chi connectivity index (χ3v) is 5.07. The van der Waals surface area contributed by atoms with Crippen molar-refractivity contribution in [3.8, 4) is 5.75 Å². The molecule has 0 saturated carbocycles. The molecule has 1 N–H and O–H groups in total. The van der Waals surface area contributed by atoms with E-state index in [1.807, 2.05) is 6.92 Å². The molecule has 0 saturated heterocycles. The molecule has 0 spiro atoms. The van der Waals surface area contributed by atoms with Crippen molar-refractivity contribution in [3.63, 3.8) is 0 Å². The minimum absolute atomic E-state index is 0.0138.